The van der Waals surface area contributed by atoms with Crippen LogP contribution in [0.1, 0.15) is 85.0 Å². The van der Waals surface area contributed by atoms with Crippen LogP contribution in [0, 0.1) is 5.92 Å². The van der Waals surface area contributed by atoms with Gasteiger partial charge in [0.15, 0.2) is 0 Å². The summed E-state index contributed by atoms with van der Waals surface area (Å²) in [6.07, 6.45) is -0.841. The number of halogens is 24. The molecule has 0 aromatic carbocycles. The lowest BCUT2D eigenvalue weighted by molar-refractivity contribution is -0.478. The van der Waals surface area contributed by atoms with Gasteiger partial charge in [0, 0.05) is 13.3 Å². The highest BCUT2D eigenvalue weighted by atomic mass is 19.4. The first-order chi connectivity index (χ1) is 21.7. The van der Waals surface area contributed by atoms with Crippen molar-refractivity contribution in [3.05, 3.63) is 0 Å². The summed E-state index contributed by atoms with van der Waals surface area (Å²) in [4.78, 5) is 0. The van der Waals surface area contributed by atoms with Crippen molar-refractivity contribution in [2.45, 2.75) is 156 Å². The molecule has 0 heterocycles. The van der Waals surface area contributed by atoms with Crippen molar-refractivity contribution in [2.24, 2.45) is 5.92 Å². The van der Waals surface area contributed by atoms with Crippen molar-refractivity contribution in [2.75, 3.05) is 0 Å². The van der Waals surface area contributed by atoms with Crippen LogP contribution < -0.4 is 0 Å². The Labute approximate surface area is 268 Å². The maximum absolute atomic E-state index is 14.1. The molecule has 0 nitrogen and oxygen atoms in total. The van der Waals surface area contributed by atoms with Gasteiger partial charge in [-0.3, -0.25) is 0 Å². The minimum absolute atomic E-state index is 0.0858. The van der Waals surface area contributed by atoms with E-state index >= 15 is 0 Å². The summed E-state index contributed by atoms with van der Waals surface area (Å²) in [5.74, 6) is -102. The molecule has 0 N–H and O–H groups in total. The normalized spacial score (nSPS) is 16.1. The smallest absolute Gasteiger partial charge is 0.200 e. The van der Waals surface area contributed by atoms with Crippen LogP contribution in [0.3, 0.4) is 0 Å². The fourth-order valence-electron chi connectivity index (χ4n) is 4.20. The van der Waals surface area contributed by atoms with E-state index in [2.05, 4.69) is 0 Å². The molecule has 50 heavy (non-hydrogen) atoms. The lowest BCUT2D eigenvalue weighted by atomic mass is 9.83. The number of hydrogen-bond donors (Lipinski definition) is 0. The molecule has 24 heteroatoms. The molecule has 0 aromatic rings. The maximum atomic E-state index is 14.1. The second-order valence-corrected chi connectivity index (χ2v) is 12.1. The quantitative estimate of drug-likeness (QED) is 0.0756. The molecule has 0 atom stereocenters. The van der Waals surface area contributed by atoms with Gasteiger partial charge in [0.1, 0.15) is 0 Å². The molecular formula is C26H30F24. The minimum atomic E-state index is -9.44. The number of hydrogen-bond acceptors (Lipinski definition) is 0. The monoisotopic (exact) mass is 798 g/mol. The Morgan fingerprint density at radius 1 is 0.300 bits per heavy atom. The second kappa shape index (κ2) is 14.6. The van der Waals surface area contributed by atoms with Gasteiger partial charge < -0.3 is 0 Å². The van der Waals surface area contributed by atoms with Crippen molar-refractivity contribution >= 4 is 0 Å². The largest absolute Gasteiger partial charge is 0.385 e. The molecule has 0 rings (SSSR count). The molecule has 0 aliphatic carbocycles. The Bertz CT molecular complexity index is 1080. The van der Waals surface area contributed by atoms with Gasteiger partial charge in [0.2, 0.25) is 0 Å². The molecule has 0 spiro atoms. The Balaban J connectivity index is 6.40. The Kier molecular flexibility index (Phi) is 14.1. The highest BCUT2D eigenvalue weighted by molar-refractivity contribution is 5.20. The summed E-state index contributed by atoms with van der Waals surface area (Å²) in [5, 5.41) is 0. The Morgan fingerprint density at radius 2 is 0.520 bits per heavy atom. The molecule has 0 aromatic heterocycles. The molecule has 0 unspecified atom stereocenters. The molecule has 0 aliphatic heterocycles. The summed E-state index contributed by atoms with van der Waals surface area (Å²) < 4.78 is 330. The van der Waals surface area contributed by atoms with Gasteiger partial charge in [-0.1, -0.05) is 65.2 Å². The molecule has 302 valence electrons. The lowest BCUT2D eigenvalue weighted by Gasteiger charge is -2.46. The minimum Gasteiger partial charge on any atom is -0.200 e. The zero-order valence-electron chi connectivity index (χ0n) is 25.7. The SMILES string of the molecule is CC(C)CCCCCCCCCCC(F)(F)C(F)(F)C(F)(F)C(F)(F)C(F)(F)C(F)(F)C(F)(F)C(F)(F)C(F)(F)C(F)(F)C(F)(F)C(C)(F)F. The predicted octanol–water partition coefficient (Wildman–Crippen LogP) is 13.2. The van der Waals surface area contributed by atoms with Gasteiger partial charge >= 0.3 is 71.1 Å². The molecule has 0 fully saturated rings. The van der Waals surface area contributed by atoms with Gasteiger partial charge in [0.25, 0.3) is 0 Å². The Hall–Kier alpha value is -1.68. The molecule has 0 bridgehead atoms. The van der Waals surface area contributed by atoms with Gasteiger partial charge in [-0.25, -0.2) is 0 Å². The van der Waals surface area contributed by atoms with E-state index in [1.807, 2.05) is 13.8 Å². The van der Waals surface area contributed by atoms with E-state index in [1.54, 1.807) is 0 Å². The summed E-state index contributed by atoms with van der Waals surface area (Å²) in [6, 6.07) is 0. The van der Waals surface area contributed by atoms with E-state index in [1.165, 1.54) is 0 Å². The van der Waals surface area contributed by atoms with E-state index in [4.69, 9.17) is 0 Å². The zero-order valence-corrected chi connectivity index (χ0v) is 25.7. The van der Waals surface area contributed by atoms with E-state index < -0.39 is 97.3 Å². The van der Waals surface area contributed by atoms with Crippen LogP contribution in [0.5, 0.6) is 0 Å². The lowest BCUT2D eigenvalue weighted by Crippen LogP contribution is -2.78. The van der Waals surface area contributed by atoms with E-state index in [0.717, 1.165) is 19.3 Å². The molecule has 0 saturated heterocycles. The predicted molar refractivity (Wildman–Crippen MR) is 126 cm³/mol. The van der Waals surface area contributed by atoms with Crippen molar-refractivity contribution in [1.82, 2.24) is 0 Å². The molecule has 0 saturated carbocycles. The fourth-order valence-corrected chi connectivity index (χ4v) is 4.20. The first-order valence-electron chi connectivity index (χ1n) is 14.2. The fraction of sp³-hybridized carbons (Fsp3) is 1.00. The highest BCUT2D eigenvalue weighted by Gasteiger charge is 2.99. The van der Waals surface area contributed by atoms with Crippen molar-refractivity contribution in [1.29, 1.82) is 0 Å². The third kappa shape index (κ3) is 7.68. The van der Waals surface area contributed by atoms with Gasteiger partial charge in [-0.2, -0.15) is 105 Å². The zero-order chi connectivity index (χ0) is 40.6. The van der Waals surface area contributed by atoms with Crippen LogP contribution in [-0.2, 0) is 0 Å². The van der Waals surface area contributed by atoms with Crippen LogP contribution >= 0.6 is 0 Å². The van der Waals surface area contributed by atoms with E-state index in [9.17, 15) is 105 Å². The van der Waals surface area contributed by atoms with Gasteiger partial charge in [0.05, 0.1) is 0 Å². The third-order valence-electron chi connectivity index (χ3n) is 7.58. The molecule has 0 aliphatic rings. The summed E-state index contributed by atoms with van der Waals surface area (Å²) in [7, 11) is 0. The van der Waals surface area contributed by atoms with Crippen molar-refractivity contribution in [3.8, 4) is 0 Å². The highest BCUT2D eigenvalue weighted by Crippen LogP contribution is 2.67. The van der Waals surface area contributed by atoms with Crippen LogP contribution in [0.25, 0.3) is 0 Å². The standard InChI is InChI=1S/C26H30F24/c1-14(2)12-10-8-6-4-5-7-9-11-13-16(29,30)18(33,34)20(37,38)22(41,42)24(45,46)26(49,50)25(47,48)23(43,44)21(39,40)19(35,36)17(31,32)15(3,27)28/h14H,4-13H2,1-3H3. The van der Waals surface area contributed by atoms with Crippen LogP contribution in [0.2, 0.25) is 0 Å². The van der Waals surface area contributed by atoms with Crippen LogP contribution in [-0.4, -0.2) is 71.1 Å². The van der Waals surface area contributed by atoms with Crippen LogP contribution in [0.4, 0.5) is 105 Å². The second-order valence-electron chi connectivity index (χ2n) is 12.1. The Morgan fingerprint density at radius 3 is 0.780 bits per heavy atom. The maximum Gasteiger partial charge on any atom is 0.385 e. The summed E-state index contributed by atoms with van der Waals surface area (Å²) in [6.45, 7) is 2.40. The molecular weight excluding hydrogens is 768 g/mol. The number of alkyl halides is 24. The first kappa shape index (κ1) is 48.3. The van der Waals surface area contributed by atoms with Crippen molar-refractivity contribution < 1.29 is 105 Å². The van der Waals surface area contributed by atoms with E-state index in [0.29, 0.717) is 18.8 Å². The number of unbranched alkanes of at least 4 members (excludes halogenated alkanes) is 7. The van der Waals surface area contributed by atoms with Gasteiger partial charge in [-0.15, -0.1) is 0 Å². The molecule has 0 radical (unpaired) electrons. The van der Waals surface area contributed by atoms with E-state index in [-0.39, 0.29) is 12.8 Å². The average molecular weight is 798 g/mol. The molecule has 0 amide bonds. The summed E-state index contributed by atoms with van der Waals surface area (Å²) in [5.41, 5.74) is 0. The average Bonchev–Trinajstić information content (AvgIpc) is 2.91. The van der Waals surface area contributed by atoms with Gasteiger partial charge in [-0.05, 0) is 12.3 Å². The van der Waals surface area contributed by atoms with Crippen molar-refractivity contribution in [3.63, 3.8) is 0 Å². The summed E-state index contributed by atoms with van der Waals surface area (Å²) >= 11 is 0. The third-order valence-corrected chi connectivity index (χ3v) is 7.58. The number of rotatable bonds is 22. The topological polar surface area (TPSA) is 0 Å². The first-order valence-corrected chi connectivity index (χ1v) is 14.2. The van der Waals surface area contributed by atoms with Crippen LogP contribution in [0.15, 0.2) is 0 Å².